The molecule has 4 nitrogen and oxygen atoms in total. The van der Waals surface area contributed by atoms with Crippen LogP contribution in [0.1, 0.15) is 36.9 Å². The lowest BCUT2D eigenvalue weighted by molar-refractivity contribution is 0.349. The highest BCUT2D eigenvalue weighted by Gasteiger charge is 2.32. The first kappa shape index (κ1) is 14.0. The Morgan fingerprint density at radius 3 is 2.81 bits per heavy atom. The van der Waals surface area contributed by atoms with Crippen molar-refractivity contribution in [2.45, 2.75) is 38.1 Å². The molecule has 1 aliphatic rings. The van der Waals surface area contributed by atoms with Crippen LogP contribution in [0.3, 0.4) is 0 Å². The number of ether oxygens (including phenoxy) is 1. The number of nitrogens with one attached hydrogen (secondary N) is 1. The van der Waals surface area contributed by atoms with Crippen LogP contribution in [0.2, 0.25) is 0 Å². The summed E-state index contributed by atoms with van der Waals surface area (Å²) in [6.07, 6.45) is 5.35. The lowest BCUT2D eigenvalue weighted by Crippen LogP contribution is -2.34. The van der Waals surface area contributed by atoms with Gasteiger partial charge >= 0.3 is 0 Å². The minimum Gasteiger partial charge on any atom is -0.496 e. The van der Waals surface area contributed by atoms with E-state index in [2.05, 4.69) is 35.7 Å². The van der Waals surface area contributed by atoms with Gasteiger partial charge in [0.15, 0.2) is 0 Å². The molecule has 0 spiro atoms. The van der Waals surface area contributed by atoms with Gasteiger partial charge in [-0.15, -0.1) is 0 Å². The average Bonchev–Trinajstić information content (AvgIpc) is 2.82. The fourth-order valence-electron chi connectivity index (χ4n) is 3.13. The molecule has 0 aliphatic heterocycles. The quantitative estimate of drug-likeness (QED) is 0.915. The molecule has 1 aromatic carbocycles. The maximum atomic E-state index is 5.46. The summed E-state index contributed by atoms with van der Waals surface area (Å²) in [6, 6.07) is 8.89. The van der Waals surface area contributed by atoms with Gasteiger partial charge in [0, 0.05) is 19.3 Å². The van der Waals surface area contributed by atoms with Gasteiger partial charge in [-0.05, 0) is 36.8 Å². The summed E-state index contributed by atoms with van der Waals surface area (Å²) in [5.74, 6) is 1.61. The van der Waals surface area contributed by atoms with E-state index in [0.717, 1.165) is 30.7 Å². The van der Waals surface area contributed by atoms with Crippen LogP contribution in [0.5, 0.6) is 5.75 Å². The van der Waals surface area contributed by atoms with Crippen molar-refractivity contribution in [3.63, 3.8) is 0 Å². The predicted octanol–water partition coefficient (Wildman–Crippen LogP) is 3.35. The van der Waals surface area contributed by atoms with Gasteiger partial charge in [-0.25, -0.2) is 0 Å². The summed E-state index contributed by atoms with van der Waals surface area (Å²) in [5.41, 5.74) is 3.67. The number of aryl methyl sites for hydroxylation is 2. The molecule has 1 heterocycles. The summed E-state index contributed by atoms with van der Waals surface area (Å²) in [4.78, 5) is 0. The molecular formula is C17H23N3O. The smallest absolute Gasteiger partial charge is 0.122 e. The van der Waals surface area contributed by atoms with Crippen LogP contribution in [-0.2, 0) is 13.5 Å². The van der Waals surface area contributed by atoms with Crippen LogP contribution in [0.4, 0.5) is 5.69 Å². The minimum absolute atomic E-state index is 0.536. The van der Waals surface area contributed by atoms with Gasteiger partial charge in [0.05, 0.1) is 18.5 Å². The number of hydrogen-bond acceptors (Lipinski definition) is 3. The predicted molar refractivity (Wildman–Crippen MR) is 85.0 cm³/mol. The average molecular weight is 285 g/mol. The summed E-state index contributed by atoms with van der Waals surface area (Å²) < 4.78 is 7.35. The van der Waals surface area contributed by atoms with Gasteiger partial charge in [0.2, 0.25) is 0 Å². The van der Waals surface area contributed by atoms with Crippen LogP contribution >= 0.6 is 0 Å². The second-order valence-corrected chi connectivity index (χ2v) is 5.77. The second-order valence-electron chi connectivity index (χ2n) is 5.77. The third-order valence-corrected chi connectivity index (χ3v) is 4.32. The number of hydrogen-bond donors (Lipinski definition) is 1. The van der Waals surface area contributed by atoms with Crippen molar-refractivity contribution in [1.82, 2.24) is 9.78 Å². The monoisotopic (exact) mass is 285 g/mol. The van der Waals surface area contributed by atoms with Crippen molar-refractivity contribution in [3.8, 4) is 5.75 Å². The minimum atomic E-state index is 0.536. The lowest BCUT2D eigenvalue weighted by atomic mass is 9.75. The Balaban J connectivity index is 1.63. The van der Waals surface area contributed by atoms with Gasteiger partial charge in [-0.2, -0.15) is 5.10 Å². The van der Waals surface area contributed by atoms with Crippen LogP contribution < -0.4 is 10.1 Å². The zero-order chi connectivity index (χ0) is 14.8. The second kappa shape index (κ2) is 5.80. The van der Waals surface area contributed by atoms with Crippen LogP contribution in [0, 0.1) is 0 Å². The van der Waals surface area contributed by atoms with E-state index in [4.69, 9.17) is 4.74 Å². The van der Waals surface area contributed by atoms with Crippen molar-refractivity contribution < 1.29 is 4.74 Å². The van der Waals surface area contributed by atoms with E-state index in [1.165, 1.54) is 11.3 Å². The van der Waals surface area contributed by atoms with E-state index >= 15 is 0 Å². The zero-order valence-corrected chi connectivity index (χ0v) is 13.0. The molecular weight excluding hydrogens is 262 g/mol. The molecule has 1 saturated carbocycles. The third kappa shape index (κ3) is 2.75. The van der Waals surface area contributed by atoms with Gasteiger partial charge < -0.3 is 10.1 Å². The molecule has 1 aromatic heterocycles. The topological polar surface area (TPSA) is 39.1 Å². The largest absolute Gasteiger partial charge is 0.496 e. The van der Waals surface area contributed by atoms with Crippen molar-refractivity contribution in [2.75, 3.05) is 12.4 Å². The number of aromatic nitrogens is 2. The Morgan fingerprint density at radius 1 is 1.33 bits per heavy atom. The highest BCUT2D eigenvalue weighted by molar-refractivity contribution is 5.48. The normalized spacial score (nSPS) is 20.9. The molecule has 0 amide bonds. The molecule has 3 rings (SSSR count). The Kier molecular flexibility index (Phi) is 3.86. The summed E-state index contributed by atoms with van der Waals surface area (Å²) in [5, 5.41) is 8.11. The van der Waals surface area contributed by atoms with Gasteiger partial charge in [-0.3, -0.25) is 4.68 Å². The lowest BCUT2D eigenvalue weighted by Gasteiger charge is -2.37. The molecule has 21 heavy (non-hydrogen) atoms. The van der Waals surface area contributed by atoms with E-state index < -0.39 is 0 Å². The van der Waals surface area contributed by atoms with E-state index in [1.807, 2.05) is 23.9 Å². The Hall–Kier alpha value is -1.97. The Bertz CT molecular complexity index is 614. The summed E-state index contributed by atoms with van der Waals surface area (Å²) >= 11 is 0. The fraction of sp³-hybridized carbons (Fsp3) is 0.471. The Labute approximate surface area is 126 Å². The Morgan fingerprint density at radius 2 is 2.10 bits per heavy atom. The van der Waals surface area contributed by atoms with Crippen molar-refractivity contribution >= 4 is 5.69 Å². The van der Waals surface area contributed by atoms with E-state index in [-0.39, 0.29) is 0 Å². The van der Waals surface area contributed by atoms with Gasteiger partial charge in [-0.1, -0.05) is 25.1 Å². The number of rotatable bonds is 5. The highest BCUT2D eigenvalue weighted by Crippen LogP contribution is 2.42. The molecule has 0 unspecified atom stereocenters. The fourth-order valence-corrected chi connectivity index (χ4v) is 3.13. The van der Waals surface area contributed by atoms with E-state index in [0.29, 0.717) is 12.0 Å². The van der Waals surface area contributed by atoms with Crippen LogP contribution in [0.25, 0.3) is 0 Å². The SMILES string of the molecule is CCc1nn(C)cc1NC1CC(c2ccccc2OC)C1. The maximum Gasteiger partial charge on any atom is 0.122 e. The molecule has 1 aliphatic carbocycles. The highest BCUT2D eigenvalue weighted by atomic mass is 16.5. The standard InChI is InChI=1S/C17H23N3O/c1-4-15-16(11-20(2)19-15)18-13-9-12(10-13)14-7-5-6-8-17(14)21-3/h5-8,11-13,18H,4,9-10H2,1-3H3. The number of para-hydroxylation sites is 1. The van der Waals surface area contributed by atoms with Crippen molar-refractivity contribution in [2.24, 2.45) is 7.05 Å². The molecule has 0 bridgehead atoms. The summed E-state index contributed by atoms with van der Waals surface area (Å²) in [7, 11) is 3.72. The van der Waals surface area contributed by atoms with Gasteiger partial charge in [0.1, 0.15) is 5.75 Å². The molecule has 0 radical (unpaired) electrons. The summed E-state index contributed by atoms with van der Waals surface area (Å²) in [6.45, 7) is 2.14. The molecule has 112 valence electrons. The first-order valence-corrected chi connectivity index (χ1v) is 7.63. The van der Waals surface area contributed by atoms with Crippen LogP contribution in [0.15, 0.2) is 30.5 Å². The first-order chi connectivity index (χ1) is 10.2. The molecule has 4 heteroatoms. The zero-order valence-electron chi connectivity index (χ0n) is 13.0. The van der Waals surface area contributed by atoms with E-state index in [1.54, 1.807) is 7.11 Å². The third-order valence-electron chi connectivity index (χ3n) is 4.32. The van der Waals surface area contributed by atoms with Crippen molar-refractivity contribution in [1.29, 1.82) is 0 Å². The van der Waals surface area contributed by atoms with Gasteiger partial charge in [0.25, 0.3) is 0 Å². The molecule has 1 fully saturated rings. The van der Waals surface area contributed by atoms with Crippen LogP contribution in [-0.4, -0.2) is 22.9 Å². The van der Waals surface area contributed by atoms with E-state index in [9.17, 15) is 0 Å². The molecule has 0 atom stereocenters. The number of anilines is 1. The first-order valence-electron chi connectivity index (χ1n) is 7.63. The van der Waals surface area contributed by atoms with Crippen molar-refractivity contribution in [3.05, 3.63) is 41.7 Å². The molecule has 0 saturated heterocycles. The maximum absolute atomic E-state index is 5.46. The molecule has 1 N–H and O–H groups in total. The number of methoxy groups -OCH3 is 1. The number of nitrogens with zero attached hydrogens (tertiary/aromatic N) is 2. The molecule has 2 aromatic rings. The number of benzene rings is 1.